The average Bonchev–Trinajstić information content (AvgIpc) is 3.50. The molecule has 1 saturated carbocycles. The first-order valence-corrected chi connectivity index (χ1v) is 16.3. The van der Waals surface area contributed by atoms with Crippen molar-refractivity contribution in [3.8, 4) is 0 Å². The topological polar surface area (TPSA) is 53.1 Å². The van der Waals surface area contributed by atoms with Gasteiger partial charge in [0.15, 0.2) is 0 Å². The number of carbonyl (C=O) groups is 2. The number of halogens is 3. The second-order valence-corrected chi connectivity index (χ2v) is 12.7. The number of hydrogen-bond donors (Lipinski definition) is 0. The molecule has 1 aliphatic heterocycles. The fraction of sp³-hybridized carbons (Fsp3) is 0.459. The summed E-state index contributed by atoms with van der Waals surface area (Å²) in [4.78, 5) is 32.6. The zero-order valence-corrected chi connectivity index (χ0v) is 26.7. The molecule has 0 N–H and O–H groups in total. The summed E-state index contributed by atoms with van der Waals surface area (Å²) in [6.07, 6.45) is -0.521. The highest BCUT2D eigenvalue weighted by Gasteiger charge is 2.40. The number of carbonyl (C=O) groups excluding carboxylic acids is 2. The molecule has 1 heterocycles. The summed E-state index contributed by atoms with van der Waals surface area (Å²) in [6.45, 7) is 5.17. The number of alkyl halides is 3. The van der Waals surface area contributed by atoms with Gasteiger partial charge >= 0.3 is 12.3 Å². The normalized spacial score (nSPS) is 20.8. The van der Waals surface area contributed by atoms with E-state index in [-0.39, 0.29) is 24.6 Å². The number of nitrogens with zero attached hydrogens (tertiary/aromatic N) is 3. The van der Waals surface area contributed by atoms with Gasteiger partial charge in [0.25, 0.3) is 5.91 Å². The van der Waals surface area contributed by atoms with Crippen LogP contribution in [0.2, 0.25) is 0 Å². The first-order chi connectivity index (χ1) is 22.1. The summed E-state index contributed by atoms with van der Waals surface area (Å²) in [6, 6.07) is 25.0. The Hall–Kier alpha value is -3.85. The van der Waals surface area contributed by atoms with E-state index in [1.165, 1.54) is 17.7 Å². The minimum Gasteiger partial charge on any atom is -0.445 e. The van der Waals surface area contributed by atoms with Crippen LogP contribution < -0.4 is 0 Å². The predicted octanol–water partition coefficient (Wildman–Crippen LogP) is 7.85. The maximum Gasteiger partial charge on any atom is 0.416 e. The summed E-state index contributed by atoms with van der Waals surface area (Å²) in [5, 5.41) is 0. The lowest BCUT2D eigenvalue weighted by Crippen LogP contribution is -2.48. The quantitative estimate of drug-likeness (QED) is 0.228. The van der Waals surface area contributed by atoms with E-state index in [1.807, 2.05) is 55.3 Å². The number of benzene rings is 3. The highest BCUT2D eigenvalue weighted by Crippen LogP contribution is 2.42. The molecule has 3 aromatic carbocycles. The van der Waals surface area contributed by atoms with Crippen LogP contribution in [-0.4, -0.2) is 72.0 Å². The van der Waals surface area contributed by atoms with E-state index in [4.69, 9.17) is 4.74 Å². The lowest BCUT2D eigenvalue weighted by atomic mass is 9.88. The van der Waals surface area contributed by atoms with Crippen LogP contribution in [0.3, 0.4) is 0 Å². The van der Waals surface area contributed by atoms with Crippen molar-refractivity contribution in [2.45, 2.75) is 69.8 Å². The summed E-state index contributed by atoms with van der Waals surface area (Å²) >= 11 is 0. The van der Waals surface area contributed by atoms with E-state index < -0.39 is 17.8 Å². The first kappa shape index (κ1) is 33.5. The standard InChI is InChI=1S/C37H44F3N3O3/c1-3-20-43(36(45)46-26-27-14-16-31(17-15-27)37(38,39)40)32-18-21-42(22-19-32)25-30-23-33(24-34(30)28-10-6-4-7-11-28)41(2)35(44)29-12-8-5-9-13-29/h4-17,30,32-34H,3,18-26H2,1-2H3. The maximum atomic E-state index is 13.3. The second kappa shape index (κ2) is 15.2. The van der Waals surface area contributed by atoms with Gasteiger partial charge in [-0.15, -0.1) is 0 Å². The second-order valence-electron chi connectivity index (χ2n) is 12.7. The third kappa shape index (κ3) is 8.29. The van der Waals surface area contributed by atoms with Gasteiger partial charge in [-0.05, 0) is 79.3 Å². The molecular formula is C37H44F3N3O3. The molecule has 0 bridgehead atoms. The molecule has 1 aliphatic carbocycles. The Morgan fingerprint density at radius 1 is 0.870 bits per heavy atom. The lowest BCUT2D eigenvalue weighted by molar-refractivity contribution is -0.137. The number of piperidine rings is 1. The predicted molar refractivity (Wildman–Crippen MR) is 172 cm³/mol. The molecule has 5 rings (SSSR count). The van der Waals surface area contributed by atoms with Gasteiger partial charge in [-0.1, -0.05) is 67.6 Å². The molecular weight excluding hydrogens is 591 g/mol. The highest BCUT2D eigenvalue weighted by molar-refractivity contribution is 5.94. The monoisotopic (exact) mass is 635 g/mol. The first-order valence-electron chi connectivity index (χ1n) is 16.3. The number of rotatable bonds is 10. The molecule has 2 amide bonds. The van der Waals surface area contributed by atoms with Crippen molar-refractivity contribution in [3.63, 3.8) is 0 Å². The fourth-order valence-corrected chi connectivity index (χ4v) is 7.10. The number of ether oxygens (including phenoxy) is 1. The average molecular weight is 636 g/mol. The maximum absolute atomic E-state index is 13.3. The smallest absolute Gasteiger partial charge is 0.416 e. The molecule has 3 unspecified atom stereocenters. The molecule has 0 radical (unpaired) electrons. The Morgan fingerprint density at radius 3 is 2.11 bits per heavy atom. The SMILES string of the molecule is CCCN(C(=O)OCc1ccc(C(F)(F)F)cc1)C1CCN(CC2CC(N(C)C(=O)c3ccccc3)CC2c2ccccc2)CC1. The Labute approximate surface area is 270 Å². The Kier molecular flexibility index (Phi) is 11.0. The largest absolute Gasteiger partial charge is 0.445 e. The van der Waals surface area contributed by atoms with Crippen molar-refractivity contribution >= 4 is 12.0 Å². The van der Waals surface area contributed by atoms with Gasteiger partial charge in [0.1, 0.15) is 6.61 Å². The van der Waals surface area contributed by atoms with E-state index >= 15 is 0 Å². The van der Waals surface area contributed by atoms with Crippen LogP contribution in [0.25, 0.3) is 0 Å². The molecule has 2 fully saturated rings. The van der Waals surface area contributed by atoms with Crippen LogP contribution in [-0.2, 0) is 17.5 Å². The van der Waals surface area contributed by atoms with Gasteiger partial charge in [-0.2, -0.15) is 13.2 Å². The summed E-state index contributed by atoms with van der Waals surface area (Å²) in [5.41, 5.74) is 1.82. The molecule has 9 heteroatoms. The zero-order valence-electron chi connectivity index (χ0n) is 26.7. The number of amides is 2. The van der Waals surface area contributed by atoms with Crippen LogP contribution in [0.15, 0.2) is 84.9 Å². The van der Waals surface area contributed by atoms with E-state index in [1.54, 1.807) is 4.90 Å². The Bertz CT molecular complexity index is 1410. The molecule has 46 heavy (non-hydrogen) atoms. The van der Waals surface area contributed by atoms with Gasteiger partial charge in [0, 0.05) is 50.9 Å². The number of likely N-dealkylation sites (tertiary alicyclic amines) is 1. The van der Waals surface area contributed by atoms with Crippen molar-refractivity contribution in [3.05, 3.63) is 107 Å². The van der Waals surface area contributed by atoms with Gasteiger partial charge in [-0.25, -0.2) is 4.79 Å². The third-order valence-corrected chi connectivity index (χ3v) is 9.62. The minimum atomic E-state index is -4.40. The van der Waals surface area contributed by atoms with E-state index in [9.17, 15) is 22.8 Å². The van der Waals surface area contributed by atoms with Gasteiger partial charge in [0.2, 0.25) is 0 Å². The van der Waals surface area contributed by atoms with Gasteiger partial charge < -0.3 is 19.4 Å². The van der Waals surface area contributed by atoms with Crippen molar-refractivity contribution < 1.29 is 27.5 Å². The van der Waals surface area contributed by atoms with Crippen molar-refractivity contribution in [1.29, 1.82) is 0 Å². The summed E-state index contributed by atoms with van der Waals surface area (Å²) < 4.78 is 44.2. The Morgan fingerprint density at radius 2 is 1.50 bits per heavy atom. The van der Waals surface area contributed by atoms with E-state index in [0.717, 1.165) is 63.9 Å². The van der Waals surface area contributed by atoms with Gasteiger partial charge in [-0.3, -0.25) is 4.79 Å². The van der Waals surface area contributed by atoms with Crippen LogP contribution in [0.4, 0.5) is 18.0 Å². The summed E-state index contributed by atoms with van der Waals surface area (Å²) in [7, 11) is 1.93. The molecule has 1 saturated heterocycles. The minimum absolute atomic E-state index is 0.0483. The van der Waals surface area contributed by atoms with Crippen molar-refractivity contribution in [1.82, 2.24) is 14.7 Å². The van der Waals surface area contributed by atoms with Crippen LogP contribution >= 0.6 is 0 Å². The van der Waals surface area contributed by atoms with Crippen LogP contribution in [0, 0.1) is 5.92 Å². The number of hydrogen-bond acceptors (Lipinski definition) is 4. The summed E-state index contributed by atoms with van der Waals surface area (Å²) in [5.74, 6) is 0.808. The van der Waals surface area contributed by atoms with Crippen molar-refractivity contribution in [2.24, 2.45) is 5.92 Å². The molecule has 0 aromatic heterocycles. The highest BCUT2D eigenvalue weighted by atomic mass is 19.4. The fourth-order valence-electron chi connectivity index (χ4n) is 7.10. The lowest BCUT2D eigenvalue weighted by Gasteiger charge is -2.39. The van der Waals surface area contributed by atoms with Crippen molar-refractivity contribution in [2.75, 3.05) is 33.2 Å². The molecule has 3 aromatic rings. The molecule has 6 nitrogen and oxygen atoms in total. The van der Waals surface area contributed by atoms with Gasteiger partial charge in [0.05, 0.1) is 5.56 Å². The molecule has 0 spiro atoms. The van der Waals surface area contributed by atoms with E-state index in [0.29, 0.717) is 29.5 Å². The van der Waals surface area contributed by atoms with Crippen LogP contribution in [0.5, 0.6) is 0 Å². The Balaban J connectivity index is 1.18. The van der Waals surface area contributed by atoms with E-state index in [2.05, 4.69) is 29.2 Å². The molecule has 3 atom stereocenters. The zero-order chi connectivity index (χ0) is 32.7. The third-order valence-electron chi connectivity index (χ3n) is 9.62. The van der Waals surface area contributed by atoms with Crippen LogP contribution in [0.1, 0.15) is 72.0 Å². The molecule has 2 aliphatic rings. The molecule has 246 valence electrons.